The summed E-state index contributed by atoms with van der Waals surface area (Å²) in [5.41, 5.74) is 6.82. The van der Waals surface area contributed by atoms with Crippen LogP contribution in [-0.4, -0.2) is 15.3 Å². The number of nitrogen functional groups attached to an aromatic ring is 1. The Balaban J connectivity index is 0. The second-order valence-electron chi connectivity index (χ2n) is 8.41. The molecule has 0 saturated carbocycles. The lowest BCUT2D eigenvalue weighted by molar-refractivity contribution is -0.137. The van der Waals surface area contributed by atoms with Crippen LogP contribution in [-0.2, 0) is 19.0 Å². The topological polar surface area (TPSA) is 72.0 Å². The smallest absolute Gasteiger partial charge is 0.416 e. The van der Waals surface area contributed by atoms with Crippen LogP contribution in [0.1, 0.15) is 111 Å². The molecule has 4 nitrogen and oxygen atoms in total. The fraction of sp³-hybridized carbons (Fsp3) is 0.643. The zero-order valence-corrected chi connectivity index (χ0v) is 23.3. The molecule has 2 rings (SSSR count). The highest BCUT2D eigenvalue weighted by molar-refractivity contribution is 5.74. The SMILES string of the molecule is CC.CCC.CCC.CCCCc1cc(N)nnc1-c1c(O)cc(C(F)(F)F)cc1CC(C)CC. The standard InChI is InChI=1S/C20H26F3N3O.2C3H8.C2H6/c1-4-6-7-13-10-17(24)25-26-19(13)18-14(8-12(3)5-2)9-15(11-16(18)27)20(21,22)23;2*1-3-2;1-2/h9-12,27H,4-8H2,1-3H3,(H2,24,25);2*3H2,1-2H3;1-2H3. The molecule has 0 saturated heterocycles. The van der Waals surface area contributed by atoms with E-state index in [4.69, 9.17) is 5.73 Å². The molecule has 202 valence electrons. The highest BCUT2D eigenvalue weighted by atomic mass is 19.4. The molecule has 2 aromatic rings. The van der Waals surface area contributed by atoms with Crippen molar-refractivity contribution in [2.24, 2.45) is 5.92 Å². The predicted molar refractivity (Wildman–Crippen MR) is 144 cm³/mol. The zero-order chi connectivity index (χ0) is 27.6. The first kappa shape index (κ1) is 34.9. The highest BCUT2D eigenvalue weighted by Gasteiger charge is 2.33. The number of anilines is 1. The van der Waals surface area contributed by atoms with E-state index in [-0.39, 0.29) is 11.7 Å². The maximum absolute atomic E-state index is 13.2. The molecule has 0 aliphatic carbocycles. The summed E-state index contributed by atoms with van der Waals surface area (Å²) >= 11 is 0. The number of aromatic nitrogens is 2. The number of aryl methyl sites for hydroxylation is 1. The molecule has 1 unspecified atom stereocenters. The van der Waals surface area contributed by atoms with Gasteiger partial charge in [0.05, 0.1) is 5.56 Å². The van der Waals surface area contributed by atoms with E-state index in [9.17, 15) is 18.3 Å². The molecule has 0 fully saturated rings. The summed E-state index contributed by atoms with van der Waals surface area (Å²) in [4.78, 5) is 0. The molecule has 1 aromatic heterocycles. The fourth-order valence-corrected chi connectivity index (χ4v) is 3.02. The first-order valence-electron chi connectivity index (χ1n) is 13.1. The normalized spacial score (nSPS) is 11.2. The lowest BCUT2D eigenvalue weighted by Crippen LogP contribution is -2.10. The molecule has 1 aromatic carbocycles. The number of rotatable bonds is 7. The van der Waals surface area contributed by atoms with Crippen molar-refractivity contribution < 1.29 is 18.3 Å². The number of phenols is 1. The number of phenolic OH excluding ortho intramolecular Hbond substituents is 1. The van der Waals surface area contributed by atoms with E-state index >= 15 is 0 Å². The van der Waals surface area contributed by atoms with Gasteiger partial charge in [-0.25, -0.2) is 0 Å². The average Bonchev–Trinajstić information content (AvgIpc) is 2.80. The average molecular weight is 500 g/mol. The molecule has 0 bridgehead atoms. The monoisotopic (exact) mass is 499 g/mol. The molecule has 0 spiro atoms. The van der Waals surface area contributed by atoms with Crippen molar-refractivity contribution in [1.29, 1.82) is 0 Å². The Bertz CT molecular complexity index is 822. The van der Waals surface area contributed by atoms with Crippen molar-refractivity contribution in [3.05, 3.63) is 34.9 Å². The number of halogens is 3. The van der Waals surface area contributed by atoms with Crippen molar-refractivity contribution in [2.45, 2.75) is 113 Å². The lowest BCUT2D eigenvalue weighted by Gasteiger charge is -2.19. The number of benzene rings is 1. The van der Waals surface area contributed by atoms with Crippen LogP contribution < -0.4 is 5.73 Å². The summed E-state index contributed by atoms with van der Waals surface area (Å²) in [5, 5.41) is 18.5. The van der Waals surface area contributed by atoms with Crippen LogP contribution in [0.15, 0.2) is 18.2 Å². The molecule has 1 atom stereocenters. The highest BCUT2D eigenvalue weighted by Crippen LogP contribution is 2.41. The summed E-state index contributed by atoms with van der Waals surface area (Å²) in [6.45, 7) is 18.5. The third kappa shape index (κ3) is 12.8. The van der Waals surface area contributed by atoms with Crippen molar-refractivity contribution in [3.8, 4) is 17.0 Å². The van der Waals surface area contributed by atoms with Gasteiger partial charge in [0.1, 0.15) is 17.3 Å². The Kier molecular flexibility index (Phi) is 18.9. The van der Waals surface area contributed by atoms with Gasteiger partial charge >= 0.3 is 6.18 Å². The maximum atomic E-state index is 13.2. The summed E-state index contributed by atoms with van der Waals surface area (Å²) in [6.07, 6.45) is 1.67. The second-order valence-corrected chi connectivity index (χ2v) is 8.41. The summed E-state index contributed by atoms with van der Waals surface area (Å²) in [7, 11) is 0. The Morgan fingerprint density at radius 2 is 1.46 bits per heavy atom. The molecule has 0 aliphatic rings. The van der Waals surface area contributed by atoms with Gasteiger partial charge in [0.15, 0.2) is 0 Å². The molecule has 1 heterocycles. The van der Waals surface area contributed by atoms with E-state index in [2.05, 4.69) is 37.9 Å². The largest absolute Gasteiger partial charge is 0.507 e. The van der Waals surface area contributed by atoms with Crippen molar-refractivity contribution in [2.75, 3.05) is 5.73 Å². The van der Waals surface area contributed by atoms with Gasteiger partial charge in [0.2, 0.25) is 0 Å². The number of nitrogens with zero attached hydrogens (tertiary/aromatic N) is 2. The Labute approximate surface area is 211 Å². The summed E-state index contributed by atoms with van der Waals surface area (Å²) in [5.74, 6) is -0.0212. The van der Waals surface area contributed by atoms with E-state index in [1.54, 1.807) is 6.07 Å². The minimum absolute atomic E-state index is 0.160. The third-order valence-electron chi connectivity index (χ3n) is 4.72. The molecule has 0 aliphatic heterocycles. The summed E-state index contributed by atoms with van der Waals surface area (Å²) < 4.78 is 39.7. The van der Waals surface area contributed by atoms with E-state index < -0.39 is 17.5 Å². The van der Waals surface area contributed by atoms with Gasteiger partial charge in [-0.15, -0.1) is 10.2 Å². The molecule has 0 amide bonds. The van der Waals surface area contributed by atoms with E-state index in [0.29, 0.717) is 29.7 Å². The minimum atomic E-state index is -4.53. The molecule has 0 radical (unpaired) electrons. The first-order chi connectivity index (χ1) is 16.5. The van der Waals surface area contributed by atoms with E-state index in [1.165, 1.54) is 12.8 Å². The Morgan fingerprint density at radius 3 is 1.91 bits per heavy atom. The number of aromatic hydroxyl groups is 1. The molecule has 7 heteroatoms. The van der Waals surface area contributed by atoms with E-state index in [0.717, 1.165) is 37.0 Å². The van der Waals surface area contributed by atoms with Crippen LogP contribution in [0.2, 0.25) is 0 Å². The lowest BCUT2D eigenvalue weighted by atomic mass is 9.89. The first-order valence-corrected chi connectivity index (χ1v) is 13.1. The number of hydrogen-bond donors (Lipinski definition) is 2. The van der Waals surface area contributed by atoms with Crippen molar-refractivity contribution in [1.82, 2.24) is 10.2 Å². The minimum Gasteiger partial charge on any atom is -0.507 e. The van der Waals surface area contributed by atoms with Crippen LogP contribution in [0.4, 0.5) is 19.0 Å². The summed E-state index contributed by atoms with van der Waals surface area (Å²) in [6, 6.07) is 3.56. The Hall–Kier alpha value is -2.31. The van der Waals surface area contributed by atoms with Gasteiger partial charge in [-0.3, -0.25) is 0 Å². The van der Waals surface area contributed by atoms with Gasteiger partial charge in [0.25, 0.3) is 0 Å². The van der Waals surface area contributed by atoms with Gasteiger partial charge in [-0.2, -0.15) is 13.2 Å². The van der Waals surface area contributed by atoms with Crippen LogP contribution in [0.25, 0.3) is 11.3 Å². The number of unbranched alkanes of at least 4 members (excludes halogenated alkanes) is 1. The molecular weight excluding hydrogens is 451 g/mol. The number of nitrogens with two attached hydrogens (primary N) is 1. The van der Waals surface area contributed by atoms with Gasteiger partial charge in [-0.1, -0.05) is 88.0 Å². The van der Waals surface area contributed by atoms with Crippen LogP contribution >= 0.6 is 0 Å². The van der Waals surface area contributed by atoms with Gasteiger partial charge < -0.3 is 10.8 Å². The van der Waals surface area contributed by atoms with Crippen molar-refractivity contribution in [3.63, 3.8) is 0 Å². The number of alkyl halides is 3. The molecule has 3 N–H and O–H groups in total. The van der Waals surface area contributed by atoms with Crippen LogP contribution in [0.3, 0.4) is 0 Å². The second kappa shape index (κ2) is 18.9. The van der Waals surface area contributed by atoms with Crippen LogP contribution in [0.5, 0.6) is 5.75 Å². The van der Waals surface area contributed by atoms with Gasteiger partial charge in [-0.05, 0) is 54.5 Å². The number of hydrogen-bond acceptors (Lipinski definition) is 4. The molecular formula is C28H48F3N3O. The van der Waals surface area contributed by atoms with Crippen molar-refractivity contribution >= 4 is 5.82 Å². The zero-order valence-electron chi connectivity index (χ0n) is 23.3. The maximum Gasteiger partial charge on any atom is 0.416 e. The molecule has 35 heavy (non-hydrogen) atoms. The van der Waals surface area contributed by atoms with E-state index in [1.807, 2.05) is 34.6 Å². The quantitative estimate of drug-likeness (QED) is 0.398. The Morgan fingerprint density at radius 1 is 0.914 bits per heavy atom. The fourth-order valence-electron chi connectivity index (χ4n) is 3.02. The third-order valence-corrected chi connectivity index (χ3v) is 4.72. The van der Waals surface area contributed by atoms with Crippen LogP contribution in [0, 0.1) is 5.92 Å². The predicted octanol–water partition coefficient (Wildman–Crippen LogP) is 9.24. The van der Waals surface area contributed by atoms with Gasteiger partial charge in [0, 0.05) is 5.56 Å².